The third-order valence-corrected chi connectivity index (χ3v) is 6.41. The standard InChI is InChI=1S/C20H19ClN2O6S2/c1-27-12-8-11(9-13(28-2)17(12)29-3)10-15-19(25)23(20(26)31-15)7-6-22-18(24)14-4-5-16(21)30-14/h4-5,8-10H,6-7H2,1-3H3,(H,22,24)/b15-10-. The maximum Gasteiger partial charge on any atom is 0.293 e. The molecule has 0 atom stereocenters. The molecule has 31 heavy (non-hydrogen) atoms. The fourth-order valence-electron chi connectivity index (χ4n) is 2.83. The zero-order valence-corrected chi connectivity index (χ0v) is 19.3. The van der Waals surface area contributed by atoms with Crippen molar-refractivity contribution >= 4 is 57.8 Å². The van der Waals surface area contributed by atoms with E-state index in [1.165, 1.54) is 21.3 Å². The van der Waals surface area contributed by atoms with Crippen LogP contribution in [0.15, 0.2) is 29.2 Å². The Balaban J connectivity index is 1.69. The van der Waals surface area contributed by atoms with Gasteiger partial charge in [-0.2, -0.15) is 0 Å². The van der Waals surface area contributed by atoms with Crippen LogP contribution in [-0.2, 0) is 4.79 Å². The van der Waals surface area contributed by atoms with Crippen molar-refractivity contribution in [3.8, 4) is 17.2 Å². The molecule has 11 heteroatoms. The van der Waals surface area contributed by atoms with E-state index in [2.05, 4.69) is 5.32 Å². The lowest BCUT2D eigenvalue weighted by atomic mass is 10.1. The zero-order valence-electron chi connectivity index (χ0n) is 16.9. The highest BCUT2D eigenvalue weighted by Crippen LogP contribution is 2.40. The van der Waals surface area contributed by atoms with Crippen LogP contribution in [-0.4, -0.2) is 56.4 Å². The molecule has 2 heterocycles. The van der Waals surface area contributed by atoms with Crippen LogP contribution in [0.2, 0.25) is 4.34 Å². The number of benzene rings is 1. The maximum atomic E-state index is 12.7. The van der Waals surface area contributed by atoms with Crippen molar-refractivity contribution in [3.05, 3.63) is 43.9 Å². The SMILES string of the molecule is COc1cc(/C=C2\SC(=O)N(CCNC(=O)c3ccc(Cl)s3)C2=O)cc(OC)c1OC. The van der Waals surface area contributed by atoms with Crippen LogP contribution in [0.3, 0.4) is 0 Å². The van der Waals surface area contributed by atoms with Gasteiger partial charge < -0.3 is 19.5 Å². The normalized spacial score (nSPS) is 14.8. The van der Waals surface area contributed by atoms with Gasteiger partial charge in [-0.25, -0.2) is 0 Å². The van der Waals surface area contributed by atoms with Crippen LogP contribution in [0, 0.1) is 0 Å². The number of thiophene rings is 1. The van der Waals surface area contributed by atoms with Gasteiger partial charge >= 0.3 is 0 Å². The van der Waals surface area contributed by atoms with E-state index in [4.69, 9.17) is 25.8 Å². The Kier molecular flexibility index (Phi) is 7.47. The highest BCUT2D eigenvalue weighted by atomic mass is 35.5. The number of amides is 3. The first kappa shape index (κ1) is 23.0. The molecule has 0 unspecified atom stereocenters. The first-order chi connectivity index (χ1) is 14.9. The van der Waals surface area contributed by atoms with E-state index in [9.17, 15) is 14.4 Å². The molecular weight excluding hydrogens is 464 g/mol. The Labute approximate surface area is 192 Å². The summed E-state index contributed by atoms with van der Waals surface area (Å²) in [6, 6.07) is 6.61. The van der Waals surface area contributed by atoms with Gasteiger partial charge in [-0.3, -0.25) is 19.3 Å². The monoisotopic (exact) mass is 482 g/mol. The Morgan fingerprint density at radius 3 is 2.35 bits per heavy atom. The quantitative estimate of drug-likeness (QED) is 0.570. The number of ether oxygens (including phenoxy) is 3. The number of thioether (sulfide) groups is 1. The number of nitrogens with zero attached hydrogens (tertiary/aromatic N) is 1. The summed E-state index contributed by atoms with van der Waals surface area (Å²) < 4.78 is 16.4. The summed E-state index contributed by atoms with van der Waals surface area (Å²) in [5, 5.41) is 2.27. The maximum absolute atomic E-state index is 12.7. The first-order valence-electron chi connectivity index (χ1n) is 8.96. The molecule has 8 nitrogen and oxygen atoms in total. The molecule has 2 aromatic rings. The minimum atomic E-state index is -0.433. The van der Waals surface area contributed by atoms with Crippen LogP contribution >= 0.6 is 34.7 Å². The highest BCUT2D eigenvalue weighted by molar-refractivity contribution is 8.18. The average molecular weight is 483 g/mol. The molecule has 0 saturated carbocycles. The Morgan fingerprint density at radius 1 is 1.13 bits per heavy atom. The van der Waals surface area contributed by atoms with Crippen molar-refractivity contribution in [2.45, 2.75) is 0 Å². The molecule has 1 aromatic heterocycles. The van der Waals surface area contributed by atoms with Gasteiger partial charge in [0.2, 0.25) is 5.75 Å². The van der Waals surface area contributed by atoms with Crippen molar-refractivity contribution in [1.29, 1.82) is 0 Å². The lowest BCUT2D eigenvalue weighted by Gasteiger charge is -2.13. The van der Waals surface area contributed by atoms with Gasteiger partial charge in [-0.15, -0.1) is 11.3 Å². The van der Waals surface area contributed by atoms with Gasteiger partial charge in [0.25, 0.3) is 17.1 Å². The molecule has 1 aromatic carbocycles. The average Bonchev–Trinajstić information content (AvgIpc) is 3.31. The topological polar surface area (TPSA) is 94.2 Å². The van der Waals surface area contributed by atoms with Crippen molar-refractivity contribution in [2.75, 3.05) is 34.4 Å². The summed E-state index contributed by atoms with van der Waals surface area (Å²) >= 11 is 7.81. The summed E-state index contributed by atoms with van der Waals surface area (Å²) in [5.74, 6) is 0.555. The number of hydrogen-bond donors (Lipinski definition) is 1. The summed E-state index contributed by atoms with van der Waals surface area (Å²) in [6.45, 7) is 0.186. The van der Waals surface area contributed by atoms with Gasteiger partial charge in [-0.1, -0.05) is 11.6 Å². The predicted octanol–water partition coefficient (Wildman–Crippen LogP) is 3.89. The van der Waals surface area contributed by atoms with Crippen molar-refractivity contribution in [2.24, 2.45) is 0 Å². The number of imide groups is 1. The predicted molar refractivity (Wildman–Crippen MR) is 120 cm³/mol. The number of carbonyl (C=O) groups is 3. The van der Waals surface area contributed by atoms with Gasteiger partial charge in [0.1, 0.15) is 0 Å². The number of carbonyl (C=O) groups excluding carboxylic acids is 3. The van der Waals surface area contributed by atoms with Gasteiger partial charge in [-0.05, 0) is 47.7 Å². The Morgan fingerprint density at radius 2 is 1.81 bits per heavy atom. The Hall–Kier alpha value is -2.69. The van der Waals surface area contributed by atoms with Crippen LogP contribution in [0.25, 0.3) is 6.08 Å². The second-order valence-corrected chi connectivity index (χ2v) is 8.86. The highest BCUT2D eigenvalue weighted by Gasteiger charge is 2.34. The molecule has 0 bridgehead atoms. The molecule has 0 spiro atoms. The fourth-order valence-corrected chi connectivity index (χ4v) is 4.66. The molecule has 0 radical (unpaired) electrons. The van der Waals surface area contributed by atoms with Crippen molar-refractivity contribution in [1.82, 2.24) is 10.2 Å². The molecule has 0 aliphatic carbocycles. The molecule has 3 rings (SSSR count). The van der Waals surface area contributed by atoms with E-state index in [-0.39, 0.29) is 23.9 Å². The van der Waals surface area contributed by atoms with Crippen LogP contribution in [0.1, 0.15) is 15.2 Å². The largest absolute Gasteiger partial charge is 0.493 e. The first-order valence-corrected chi connectivity index (χ1v) is 11.0. The van der Waals surface area contributed by atoms with E-state index in [0.717, 1.165) is 28.0 Å². The summed E-state index contributed by atoms with van der Waals surface area (Å²) in [4.78, 5) is 38.9. The number of nitrogens with one attached hydrogen (secondary N) is 1. The molecule has 1 aliphatic rings. The lowest BCUT2D eigenvalue weighted by molar-refractivity contribution is -0.122. The molecule has 1 N–H and O–H groups in total. The zero-order chi connectivity index (χ0) is 22.5. The van der Waals surface area contributed by atoms with Crippen LogP contribution in [0.5, 0.6) is 17.2 Å². The van der Waals surface area contributed by atoms with Crippen LogP contribution < -0.4 is 19.5 Å². The molecule has 1 saturated heterocycles. The third-order valence-electron chi connectivity index (χ3n) is 4.28. The number of halogens is 1. The number of methoxy groups -OCH3 is 3. The minimum Gasteiger partial charge on any atom is -0.493 e. The van der Waals surface area contributed by atoms with Gasteiger partial charge in [0, 0.05) is 13.1 Å². The molecule has 1 fully saturated rings. The van der Waals surface area contributed by atoms with Gasteiger partial charge in [0.15, 0.2) is 11.5 Å². The van der Waals surface area contributed by atoms with E-state index < -0.39 is 11.1 Å². The van der Waals surface area contributed by atoms with E-state index in [1.54, 1.807) is 30.3 Å². The fraction of sp³-hybridized carbons (Fsp3) is 0.250. The summed E-state index contributed by atoms with van der Waals surface area (Å²) in [5.41, 5.74) is 0.614. The molecule has 1 aliphatic heterocycles. The smallest absolute Gasteiger partial charge is 0.293 e. The molecule has 164 valence electrons. The number of rotatable bonds is 8. The Bertz CT molecular complexity index is 1030. The second kappa shape index (κ2) is 10.1. The van der Waals surface area contributed by atoms with E-state index >= 15 is 0 Å². The third kappa shape index (κ3) is 5.15. The second-order valence-electron chi connectivity index (χ2n) is 6.15. The van der Waals surface area contributed by atoms with E-state index in [1.807, 2.05) is 0 Å². The van der Waals surface area contributed by atoms with Crippen molar-refractivity contribution in [3.63, 3.8) is 0 Å². The number of hydrogen-bond acceptors (Lipinski definition) is 8. The summed E-state index contributed by atoms with van der Waals surface area (Å²) in [7, 11) is 4.48. The molecular formula is C20H19ClN2O6S2. The lowest BCUT2D eigenvalue weighted by Crippen LogP contribution is -2.37. The van der Waals surface area contributed by atoms with E-state index in [0.29, 0.717) is 32.0 Å². The minimum absolute atomic E-state index is 0.0576. The summed E-state index contributed by atoms with van der Waals surface area (Å²) in [6.07, 6.45) is 1.58. The molecule has 3 amide bonds. The van der Waals surface area contributed by atoms with Crippen LogP contribution in [0.4, 0.5) is 4.79 Å². The van der Waals surface area contributed by atoms with Crippen molar-refractivity contribution < 1.29 is 28.6 Å². The van der Waals surface area contributed by atoms with Gasteiger partial charge in [0.05, 0.1) is 35.4 Å².